The summed E-state index contributed by atoms with van der Waals surface area (Å²) in [5, 5.41) is 11.6. The zero-order valence-electron chi connectivity index (χ0n) is 15.5. The van der Waals surface area contributed by atoms with E-state index >= 15 is 0 Å². The van der Waals surface area contributed by atoms with Crippen LogP contribution in [0.15, 0.2) is 24.4 Å². The quantitative estimate of drug-likeness (QED) is 0.830. The Labute approximate surface area is 155 Å². The maximum atomic E-state index is 12.0. The van der Waals surface area contributed by atoms with Crippen LogP contribution >= 0.6 is 0 Å². The summed E-state index contributed by atoms with van der Waals surface area (Å²) in [5.74, 6) is 1.85. The van der Waals surface area contributed by atoms with Crippen molar-refractivity contribution in [3.8, 4) is 0 Å². The summed E-state index contributed by atoms with van der Waals surface area (Å²) in [6.07, 6.45) is 9.32. The summed E-state index contributed by atoms with van der Waals surface area (Å²) in [7, 11) is -3.27. The van der Waals surface area contributed by atoms with Gasteiger partial charge in [-0.2, -0.15) is 0 Å². The second-order valence-electron chi connectivity index (χ2n) is 9.04. The van der Waals surface area contributed by atoms with Crippen molar-refractivity contribution < 1.29 is 13.5 Å². The predicted octanol–water partition coefficient (Wildman–Crippen LogP) is 3.67. The highest BCUT2D eigenvalue weighted by atomic mass is 32.2. The van der Waals surface area contributed by atoms with Crippen LogP contribution in [0.1, 0.15) is 56.1 Å². The molecule has 4 nitrogen and oxygen atoms in total. The van der Waals surface area contributed by atoms with E-state index in [2.05, 4.69) is 19.1 Å². The molecule has 5 heteroatoms. The van der Waals surface area contributed by atoms with E-state index in [4.69, 9.17) is 0 Å². The van der Waals surface area contributed by atoms with Gasteiger partial charge >= 0.3 is 0 Å². The summed E-state index contributed by atoms with van der Waals surface area (Å²) >= 11 is 0. The van der Waals surface area contributed by atoms with Crippen LogP contribution in [0.25, 0.3) is 10.9 Å². The largest absolute Gasteiger partial charge is 0.393 e. The van der Waals surface area contributed by atoms with Gasteiger partial charge in [-0.3, -0.25) is 0 Å². The molecule has 0 aliphatic heterocycles. The first kappa shape index (κ1) is 16.8. The van der Waals surface area contributed by atoms with Gasteiger partial charge in [0, 0.05) is 11.6 Å². The third-order valence-electron chi connectivity index (χ3n) is 7.81. The van der Waals surface area contributed by atoms with Gasteiger partial charge < -0.3 is 5.11 Å². The van der Waals surface area contributed by atoms with E-state index in [0.29, 0.717) is 17.8 Å². The van der Waals surface area contributed by atoms with Crippen molar-refractivity contribution in [2.24, 2.45) is 17.3 Å². The van der Waals surface area contributed by atoms with Crippen LogP contribution in [0.4, 0.5) is 0 Å². The lowest BCUT2D eigenvalue weighted by molar-refractivity contribution is -0.0225. The Hall–Kier alpha value is -1.33. The third-order valence-corrected chi connectivity index (χ3v) is 8.84. The molecule has 0 saturated heterocycles. The molecule has 2 saturated carbocycles. The molecule has 5 atom stereocenters. The van der Waals surface area contributed by atoms with Crippen molar-refractivity contribution in [2.45, 2.75) is 57.5 Å². The van der Waals surface area contributed by atoms with Crippen LogP contribution in [0, 0.1) is 17.3 Å². The number of aryl methyl sites for hydroxylation is 1. The first-order chi connectivity index (χ1) is 12.3. The standard InChI is InChI=1S/C21H27NO3S/c1-21-9-7-15-16(18(21)5-6-20(21)23)4-3-13-12-19-14(11-17(13)15)8-10-22(19)26(2,24)25/h8,10-12,15-16,18,20,23H,3-7,9H2,1-2H3/t15?,16?,18?,20-,21-/m0/s1. The van der Waals surface area contributed by atoms with Crippen molar-refractivity contribution in [3.05, 3.63) is 35.5 Å². The molecular formula is C21H27NO3S. The van der Waals surface area contributed by atoms with E-state index in [1.807, 2.05) is 6.07 Å². The van der Waals surface area contributed by atoms with Crippen molar-refractivity contribution >= 4 is 20.9 Å². The zero-order valence-corrected chi connectivity index (χ0v) is 16.3. The molecule has 26 heavy (non-hydrogen) atoms. The molecule has 2 fully saturated rings. The van der Waals surface area contributed by atoms with Crippen LogP contribution in [-0.4, -0.2) is 29.9 Å². The van der Waals surface area contributed by atoms with E-state index in [0.717, 1.165) is 49.4 Å². The summed E-state index contributed by atoms with van der Waals surface area (Å²) in [6.45, 7) is 2.30. The first-order valence-electron chi connectivity index (χ1n) is 9.81. The number of rotatable bonds is 1. The number of benzene rings is 1. The topological polar surface area (TPSA) is 59.3 Å². The van der Waals surface area contributed by atoms with Crippen molar-refractivity contribution in [3.63, 3.8) is 0 Å². The summed E-state index contributed by atoms with van der Waals surface area (Å²) < 4.78 is 25.5. The Morgan fingerprint density at radius 3 is 2.77 bits per heavy atom. The van der Waals surface area contributed by atoms with Gasteiger partial charge in [-0.05, 0) is 91.0 Å². The van der Waals surface area contributed by atoms with Gasteiger partial charge in [0.05, 0.1) is 17.9 Å². The lowest BCUT2D eigenvalue weighted by Gasteiger charge is -2.50. The molecule has 1 aromatic carbocycles. The van der Waals surface area contributed by atoms with Crippen molar-refractivity contribution in [2.75, 3.05) is 6.26 Å². The number of aromatic nitrogens is 1. The van der Waals surface area contributed by atoms with Crippen LogP contribution in [0.3, 0.4) is 0 Å². The number of aliphatic hydroxyl groups is 1. The van der Waals surface area contributed by atoms with E-state index in [1.54, 1.807) is 6.20 Å². The summed E-state index contributed by atoms with van der Waals surface area (Å²) in [6, 6.07) is 6.28. The molecule has 1 heterocycles. The molecule has 0 amide bonds. The van der Waals surface area contributed by atoms with Crippen LogP contribution in [0.2, 0.25) is 0 Å². The maximum Gasteiger partial charge on any atom is 0.236 e. The highest BCUT2D eigenvalue weighted by Crippen LogP contribution is 2.61. The SMILES string of the molecule is C[C@]12CCC3c4cc5ccn(S(C)(=O)=O)c5cc4CCC3C1CC[C@@H]2O. The summed E-state index contributed by atoms with van der Waals surface area (Å²) in [5.41, 5.74) is 3.66. The van der Waals surface area contributed by atoms with Crippen LogP contribution in [-0.2, 0) is 16.4 Å². The Balaban J connectivity index is 1.59. The molecule has 3 aliphatic rings. The molecule has 1 aromatic heterocycles. The monoisotopic (exact) mass is 373 g/mol. The van der Waals surface area contributed by atoms with Gasteiger partial charge in [0.2, 0.25) is 10.0 Å². The maximum absolute atomic E-state index is 12.0. The van der Waals surface area contributed by atoms with Gasteiger partial charge in [-0.1, -0.05) is 6.92 Å². The molecule has 3 aliphatic carbocycles. The number of fused-ring (bicyclic) bond motifs is 6. The highest BCUT2D eigenvalue weighted by Gasteiger charge is 2.54. The van der Waals surface area contributed by atoms with E-state index in [-0.39, 0.29) is 11.5 Å². The number of hydrogen-bond donors (Lipinski definition) is 1. The van der Waals surface area contributed by atoms with Crippen LogP contribution < -0.4 is 0 Å². The van der Waals surface area contributed by atoms with Crippen molar-refractivity contribution in [1.82, 2.24) is 3.97 Å². The highest BCUT2D eigenvalue weighted by molar-refractivity contribution is 7.89. The molecule has 0 spiro atoms. The minimum absolute atomic E-state index is 0.0996. The van der Waals surface area contributed by atoms with E-state index in [1.165, 1.54) is 21.4 Å². The Morgan fingerprint density at radius 2 is 2.00 bits per heavy atom. The fourth-order valence-electron chi connectivity index (χ4n) is 6.44. The minimum Gasteiger partial charge on any atom is -0.393 e. The summed E-state index contributed by atoms with van der Waals surface area (Å²) in [4.78, 5) is 0. The Morgan fingerprint density at radius 1 is 1.19 bits per heavy atom. The fraction of sp³-hybridized carbons (Fsp3) is 0.619. The predicted molar refractivity (Wildman–Crippen MR) is 103 cm³/mol. The average Bonchev–Trinajstić information content (AvgIpc) is 3.13. The van der Waals surface area contributed by atoms with Gasteiger partial charge in [0.15, 0.2) is 0 Å². The molecular weight excluding hydrogens is 346 g/mol. The molecule has 0 bridgehead atoms. The smallest absolute Gasteiger partial charge is 0.236 e. The second-order valence-corrected chi connectivity index (χ2v) is 10.9. The normalized spacial score (nSPS) is 36.6. The van der Waals surface area contributed by atoms with Crippen molar-refractivity contribution in [1.29, 1.82) is 0 Å². The molecule has 0 radical (unpaired) electrons. The Bertz CT molecular complexity index is 992. The van der Waals surface area contributed by atoms with Gasteiger partial charge in [0.1, 0.15) is 0 Å². The Kier molecular flexibility index (Phi) is 3.46. The number of nitrogens with zero attached hydrogens (tertiary/aromatic N) is 1. The zero-order chi connectivity index (χ0) is 18.3. The molecule has 1 N–H and O–H groups in total. The lowest BCUT2D eigenvalue weighted by atomic mass is 9.55. The second kappa shape index (κ2) is 5.35. The molecule has 3 unspecified atom stereocenters. The first-order valence-corrected chi connectivity index (χ1v) is 11.7. The average molecular weight is 374 g/mol. The minimum atomic E-state index is -3.27. The molecule has 140 valence electrons. The third kappa shape index (κ3) is 2.19. The molecule has 5 rings (SSSR count). The van der Waals surface area contributed by atoms with E-state index in [9.17, 15) is 13.5 Å². The van der Waals surface area contributed by atoms with Gasteiger partial charge in [-0.15, -0.1) is 0 Å². The fourth-order valence-corrected chi connectivity index (χ4v) is 7.24. The van der Waals surface area contributed by atoms with Gasteiger partial charge in [-0.25, -0.2) is 12.4 Å². The van der Waals surface area contributed by atoms with Crippen LogP contribution in [0.5, 0.6) is 0 Å². The van der Waals surface area contributed by atoms with E-state index < -0.39 is 10.0 Å². The molecule has 2 aromatic rings. The van der Waals surface area contributed by atoms with Gasteiger partial charge in [0.25, 0.3) is 0 Å². The lowest BCUT2D eigenvalue weighted by Crippen LogP contribution is -2.43. The number of hydrogen-bond acceptors (Lipinski definition) is 3. The number of aliphatic hydroxyl groups excluding tert-OH is 1.